The van der Waals surface area contributed by atoms with Gasteiger partial charge in [0.05, 0.1) is 11.4 Å². The molecule has 0 saturated heterocycles. The highest BCUT2D eigenvalue weighted by Crippen LogP contribution is 2.41. The van der Waals surface area contributed by atoms with Gasteiger partial charge in [-0.1, -0.05) is 158 Å². The van der Waals surface area contributed by atoms with E-state index in [0.717, 1.165) is 72.3 Å². The Bertz CT molecular complexity index is 3220. The van der Waals surface area contributed by atoms with Crippen LogP contribution in [0.5, 0.6) is 0 Å². The number of furan rings is 1. The van der Waals surface area contributed by atoms with E-state index in [4.69, 9.17) is 14.4 Å². The molecular weight excluding hydrogens is 669 g/mol. The van der Waals surface area contributed by atoms with Crippen molar-refractivity contribution in [2.75, 3.05) is 0 Å². The van der Waals surface area contributed by atoms with Crippen LogP contribution in [0, 0.1) is 0 Å². The molecule has 3 nitrogen and oxygen atoms in total. The van der Waals surface area contributed by atoms with Gasteiger partial charge in [-0.15, -0.1) is 0 Å². The minimum Gasteiger partial charge on any atom is -0.456 e. The van der Waals surface area contributed by atoms with Gasteiger partial charge in [0.1, 0.15) is 11.2 Å². The Morgan fingerprint density at radius 3 is 1.55 bits per heavy atom. The molecule has 0 saturated carbocycles. The van der Waals surface area contributed by atoms with Gasteiger partial charge in [-0.25, -0.2) is 9.97 Å². The predicted molar refractivity (Wildman–Crippen MR) is 229 cm³/mol. The molecule has 0 aliphatic carbocycles. The molecule has 2 heterocycles. The van der Waals surface area contributed by atoms with Crippen LogP contribution in [-0.4, -0.2) is 9.97 Å². The van der Waals surface area contributed by atoms with E-state index in [2.05, 4.69) is 182 Å². The SMILES string of the molecule is c1ccc(-c2cccc(-c3nc(-c4ccccc4)cc(-c4cccc5oc6ccc(-c7ccc8c9ccccc9c9ccccc9c8c7)cc6c45)n3)c2)cc1. The van der Waals surface area contributed by atoms with Gasteiger partial charge in [-0.3, -0.25) is 0 Å². The van der Waals surface area contributed by atoms with Crippen molar-refractivity contribution >= 4 is 54.3 Å². The molecule has 11 aromatic rings. The zero-order chi connectivity index (χ0) is 36.3. The van der Waals surface area contributed by atoms with E-state index in [0.29, 0.717) is 5.82 Å². The van der Waals surface area contributed by atoms with Crippen molar-refractivity contribution in [3.8, 4) is 56.2 Å². The molecule has 0 aliphatic rings. The Morgan fingerprint density at radius 2 is 0.818 bits per heavy atom. The third kappa shape index (κ3) is 5.28. The maximum Gasteiger partial charge on any atom is 0.160 e. The van der Waals surface area contributed by atoms with Crippen molar-refractivity contribution in [2.24, 2.45) is 0 Å². The predicted octanol–water partition coefficient (Wildman–Crippen LogP) is 14.2. The number of benzene rings is 9. The minimum atomic E-state index is 0.676. The lowest BCUT2D eigenvalue weighted by molar-refractivity contribution is 0.669. The van der Waals surface area contributed by atoms with Crippen molar-refractivity contribution in [2.45, 2.75) is 0 Å². The summed E-state index contributed by atoms with van der Waals surface area (Å²) in [6, 6.07) is 68.5. The zero-order valence-corrected chi connectivity index (χ0v) is 29.8. The average molecular weight is 701 g/mol. The topological polar surface area (TPSA) is 38.9 Å². The number of aromatic nitrogens is 2. The fraction of sp³-hybridized carbons (Fsp3) is 0. The Morgan fingerprint density at radius 1 is 0.291 bits per heavy atom. The summed E-state index contributed by atoms with van der Waals surface area (Å²) in [6.07, 6.45) is 0. The molecule has 2 aromatic heterocycles. The zero-order valence-electron chi connectivity index (χ0n) is 29.8. The molecule has 0 fully saturated rings. The smallest absolute Gasteiger partial charge is 0.160 e. The molecule has 11 rings (SSSR count). The van der Waals surface area contributed by atoms with Crippen molar-refractivity contribution in [1.82, 2.24) is 9.97 Å². The minimum absolute atomic E-state index is 0.676. The fourth-order valence-corrected chi connectivity index (χ4v) is 8.25. The molecule has 256 valence electrons. The molecular formula is C52H32N2O. The van der Waals surface area contributed by atoms with Crippen LogP contribution in [0.15, 0.2) is 199 Å². The first-order chi connectivity index (χ1) is 27.2. The van der Waals surface area contributed by atoms with Gasteiger partial charge in [0.25, 0.3) is 0 Å². The van der Waals surface area contributed by atoms with E-state index in [9.17, 15) is 0 Å². The molecule has 0 unspecified atom stereocenters. The van der Waals surface area contributed by atoms with Crippen molar-refractivity contribution < 1.29 is 4.42 Å². The molecule has 55 heavy (non-hydrogen) atoms. The van der Waals surface area contributed by atoms with E-state index in [1.165, 1.54) is 32.3 Å². The monoisotopic (exact) mass is 700 g/mol. The van der Waals surface area contributed by atoms with Gasteiger partial charge < -0.3 is 4.42 Å². The molecule has 0 bridgehead atoms. The first-order valence-corrected chi connectivity index (χ1v) is 18.6. The summed E-state index contributed by atoms with van der Waals surface area (Å²) in [5, 5.41) is 9.70. The van der Waals surface area contributed by atoms with Gasteiger partial charge >= 0.3 is 0 Å². The van der Waals surface area contributed by atoms with E-state index in [-0.39, 0.29) is 0 Å². The number of hydrogen-bond acceptors (Lipinski definition) is 3. The Balaban J connectivity index is 1.10. The summed E-state index contributed by atoms with van der Waals surface area (Å²) in [5.74, 6) is 0.676. The van der Waals surface area contributed by atoms with E-state index < -0.39 is 0 Å². The molecule has 0 amide bonds. The molecule has 3 heteroatoms. The molecule has 9 aromatic carbocycles. The first-order valence-electron chi connectivity index (χ1n) is 18.6. The summed E-state index contributed by atoms with van der Waals surface area (Å²) >= 11 is 0. The third-order valence-electron chi connectivity index (χ3n) is 10.9. The number of fused-ring (bicyclic) bond motifs is 9. The van der Waals surface area contributed by atoms with Crippen LogP contribution in [0.3, 0.4) is 0 Å². The highest BCUT2D eigenvalue weighted by atomic mass is 16.3. The van der Waals surface area contributed by atoms with Crippen LogP contribution in [-0.2, 0) is 0 Å². The number of nitrogens with zero attached hydrogens (tertiary/aromatic N) is 2. The fourth-order valence-electron chi connectivity index (χ4n) is 8.25. The average Bonchev–Trinajstić information content (AvgIpc) is 3.65. The van der Waals surface area contributed by atoms with Crippen LogP contribution >= 0.6 is 0 Å². The van der Waals surface area contributed by atoms with Gasteiger partial charge in [0.15, 0.2) is 5.82 Å². The third-order valence-corrected chi connectivity index (χ3v) is 10.9. The molecule has 0 aliphatic heterocycles. The second-order valence-electron chi connectivity index (χ2n) is 14.1. The van der Waals surface area contributed by atoms with Gasteiger partial charge in [0.2, 0.25) is 0 Å². The Labute approximate surface area is 317 Å². The molecule has 0 radical (unpaired) electrons. The van der Waals surface area contributed by atoms with Gasteiger partial charge in [0, 0.05) is 27.5 Å². The second-order valence-corrected chi connectivity index (χ2v) is 14.1. The summed E-state index contributed by atoms with van der Waals surface area (Å²) in [4.78, 5) is 10.4. The molecule has 0 N–H and O–H groups in total. The Kier molecular flexibility index (Phi) is 7.17. The summed E-state index contributed by atoms with van der Waals surface area (Å²) < 4.78 is 6.53. The normalized spacial score (nSPS) is 11.6. The van der Waals surface area contributed by atoms with Gasteiger partial charge in [-0.2, -0.15) is 0 Å². The lowest BCUT2D eigenvalue weighted by atomic mass is 9.91. The highest BCUT2D eigenvalue weighted by molar-refractivity contribution is 6.26. The number of rotatable bonds is 5. The van der Waals surface area contributed by atoms with Crippen LogP contribution in [0.4, 0.5) is 0 Å². The highest BCUT2D eigenvalue weighted by Gasteiger charge is 2.18. The largest absolute Gasteiger partial charge is 0.456 e. The lowest BCUT2D eigenvalue weighted by Gasteiger charge is -2.12. The molecule has 0 spiro atoms. The van der Waals surface area contributed by atoms with Crippen LogP contribution < -0.4 is 0 Å². The van der Waals surface area contributed by atoms with Crippen LogP contribution in [0.25, 0.3) is 110 Å². The van der Waals surface area contributed by atoms with E-state index >= 15 is 0 Å². The van der Waals surface area contributed by atoms with E-state index in [1.54, 1.807) is 0 Å². The van der Waals surface area contributed by atoms with Crippen LogP contribution in [0.2, 0.25) is 0 Å². The second kappa shape index (κ2) is 12.6. The van der Waals surface area contributed by atoms with Crippen molar-refractivity contribution in [3.05, 3.63) is 194 Å². The van der Waals surface area contributed by atoms with Crippen LogP contribution in [0.1, 0.15) is 0 Å². The standard InChI is InChI=1S/C52H32N2O/c1-3-13-33(14-4-1)35-17-11-18-38(29-35)52-53-47(34-15-5-2-6-16-34)32-48(54-52)44-23-12-24-50-51(44)46-31-37(26-28-49(46)55-50)36-25-27-43-41-21-8-7-19-39(41)40-20-9-10-22-42(40)45(43)30-36/h1-32H. The summed E-state index contributed by atoms with van der Waals surface area (Å²) in [6.45, 7) is 0. The van der Waals surface area contributed by atoms with Gasteiger partial charge in [-0.05, 0) is 91.0 Å². The quantitative estimate of drug-likeness (QED) is 0.168. The Hall–Kier alpha value is -7.36. The maximum atomic E-state index is 6.53. The maximum absolute atomic E-state index is 6.53. The summed E-state index contributed by atoms with van der Waals surface area (Å²) in [7, 11) is 0. The van der Waals surface area contributed by atoms with Crippen molar-refractivity contribution in [3.63, 3.8) is 0 Å². The van der Waals surface area contributed by atoms with E-state index in [1.807, 2.05) is 12.1 Å². The molecule has 0 atom stereocenters. The van der Waals surface area contributed by atoms with Crippen molar-refractivity contribution in [1.29, 1.82) is 0 Å². The first kappa shape index (κ1) is 31.2. The lowest BCUT2D eigenvalue weighted by Crippen LogP contribution is -1.96. The number of hydrogen-bond donors (Lipinski definition) is 0. The summed E-state index contributed by atoms with van der Waals surface area (Å²) in [5.41, 5.74) is 11.0.